The lowest BCUT2D eigenvalue weighted by atomic mass is 10.2. The van der Waals surface area contributed by atoms with Crippen molar-refractivity contribution in [2.24, 2.45) is 5.73 Å². The molecule has 0 aliphatic carbocycles. The number of rotatable bonds is 5. The Labute approximate surface area is 116 Å². The molecule has 0 atom stereocenters. The Kier molecular flexibility index (Phi) is 4.31. The second-order valence-electron chi connectivity index (χ2n) is 4.03. The summed E-state index contributed by atoms with van der Waals surface area (Å²) in [6.07, 6.45) is 0. The summed E-state index contributed by atoms with van der Waals surface area (Å²) in [5.41, 5.74) is 7.10. The van der Waals surface area contributed by atoms with Gasteiger partial charge in [-0.15, -0.1) is 11.3 Å². The molecule has 0 aliphatic heterocycles. The summed E-state index contributed by atoms with van der Waals surface area (Å²) in [5.74, 6) is 0. The van der Waals surface area contributed by atoms with E-state index in [1.807, 2.05) is 12.3 Å². The van der Waals surface area contributed by atoms with Crippen LogP contribution in [0.5, 0.6) is 0 Å². The molecule has 0 radical (unpaired) electrons. The van der Waals surface area contributed by atoms with E-state index in [0.29, 0.717) is 6.54 Å². The van der Waals surface area contributed by atoms with Crippen LogP contribution in [0.3, 0.4) is 0 Å². The van der Waals surface area contributed by atoms with Crippen LogP contribution in [0.4, 0.5) is 0 Å². The van der Waals surface area contributed by atoms with Crippen molar-refractivity contribution in [1.29, 1.82) is 0 Å². The highest BCUT2D eigenvalue weighted by Crippen LogP contribution is 2.12. The maximum atomic E-state index is 12.0. The second kappa shape index (κ2) is 5.79. The molecule has 0 unspecified atom stereocenters. The van der Waals surface area contributed by atoms with Crippen molar-refractivity contribution in [2.45, 2.75) is 24.9 Å². The zero-order valence-electron chi connectivity index (χ0n) is 10.5. The first-order valence-electron chi connectivity index (χ1n) is 5.71. The van der Waals surface area contributed by atoms with Gasteiger partial charge in [-0.25, -0.2) is 18.1 Å². The predicted molar refractivity (Wildman–Crippen MR) is 75.2 cm³/mol. The van der Waals surface area contributed by atoms with Crippen LogP contribution in [0.1, 0.15) is 16.3 Å². The van der Waals surface area contributed by atoms with Gasteiger partial charge in [-0.05, 0) is 24.6 Å². The van der Waals surface area contributed by atoms with Crippen molar-refractivity contribution in [3.63, 3.8) is 0 Å². The Bertz CT molecular complexity index is 648. The number of nitrogens with two attached hydrogens (primary N) is 1. The van der Waals surface area contributed by atoms with Crippen LogP contribution in [0.15, 0.2) is 34.5 Å². The highest BCUT2D eigenvalue weighted by molar-refractivity contribution is 7.89. The van der Waals surface area contributed by atoms with E-state index in [4.69, 9.17) is 5.73 Å². The standard InChI is InChI=1S/C12H15N3O2S2/c1-9-15-11(8-18-9)7-14-19(16,17)12-4-2-10(6-13)3-5-12/h2-5,8,14H,6-7,13H2,1H3. The number of aryl methyl sites for hydroxylation is 1. The average molecular weight is 297 g/mol. The van der Waals surface area contributed by atoms with Gasteiger partial charge in [-0.2, -0.15) is 0 Å². The average Bonchev–Trinajstić information content (AvgIpc) is 2.82. The summed E-state index contributed by atoms with van der Waals surface area (Å²) >= 11 is 1.50. The number of hydrogen-bond acceptors (Lipinski definition) is 5. The van der Waals surface area contributed by atoms with Crippen LogP contribution in [-0.2, 0) is 23.1 Å². The van der Waals surface area contributed by atoms with Gasteiger partial charge in [0.15, 0.2) is 0 Å². The Morgan fingerprint density at radius 2 is 2.00 bits per heavy atom. The van der Waals surface area contributed by atoms with E-state index < -0.39 is 10.0 Å². The van der Waals surface area contributed by atoms with Crippen LogP contribution < -0.4 is 10.5 Å². The van der Waals surface area contributed by atoms with E-state index in [-0.39, 0.29) is 11.4 Å². The van der Waals surface area contributed by atoms with E-state index in [9.17, 15) is 8.42 Å². The third-order valence-corrected chi connectivity index (χ3v) is 4.82. The van der Waals surface area contributed by atoms with Gasteiger partial charge in [0.2, 0.25) is 10.0 Å². The van der Waals surface area contributed by atoms with Gasteiger partial charge >= 0.3 is 0 Å². The minimum Gasteiger partial charge on any atom is -0.326 e. The largest absolute Gasteiger partial charge is 0.326 e. The number of aromatic nitrogens is 1. The molecule has 0 amide bonds. The van der Waals surface area contributed by atoms with E-state index in [1.165, 1.54) is 11.3 Å². The molecule has 7 heteroatoms. The summed E-state index contributed by atoms with van der Waals surface area (Å²) in [6, 6.07) is 6.52. The van der Waals surface area contributed by atoms with Gasteiger partial charge < -0.3 is 5.73 Å². The summed E-state index contributed by atoms with van der Waals surface area (Å²) in [6.45, 7) is 2.48. The smallest absolute Gasteiger partial charge is 0.240 e. The first-order chi connectivity index (χ1) is 9.01. The number of benzene rings is 1. The van der Waals surface area contributed by atoms with Gasteiger partial charge in [0, 0.05) is 11.9 Å². The molecule has 3 N–H and O–H groups in total. The molecule has 1 aromatic carbocycles. The number of hydrogen-bond donors (Lipinski definition) is 2. The van der Waals surface area contributed by atoms with Gasteiger partial charge in [-0.1, -0.05) is 12.1 Å². The third-order valence-electron chi connectivity index (χ3n) is 2.58. The van der Waals surface area contributed by atoms with Crippen molar-refractivity contribution in [2.75, 3.05) is 0 Å². The molecule has 0 saturated heterocycles. The summed E-state index contributed by atoms with van der Waals surface area (Å²) in [5, 5.41) is 2.76. The maximum Gasteiger partial charge on any atom is 0.240 e. The molecule has 1 heterocycles. The molecule has 102 valence electrons. The Morgan fingerprint density at radius 3 is 2.53 bits per heavy atom. The van der Waals surface area contributed by atoms with Crippen LogP contribution in [0.2, 0.25) is 0 Å². The number of thiazole rings is 1. The molecule has 0 saturated carbocycles. The Balaban J connectivity index is 2.09. The topological polar surface area (TPSA) is 85.1 Å². The highest BCUT2D eigenvalue weighted by atomic mass is 32.2. The SMILES string of the molecule is Cc1nc(CNS(=O)(=O)c2ccc(CN)cc2)cs1. The fourth-order valence-corrected chi connectivity index (χ4v) is 3.16. The number of nitrogens with one attached hydrogen (secondary N) is 1. The zero-order chi connectivity index (χ0) is 13.9. The van der Waals surface area contributed by atoms with E-state index in [2.05, 4.69) is 9.71 Å². The van der Waals surface area contributed by atoms with Crippen molar-refractivity contribution in [3.05, 3.63) is 45.9 Å². The fraction of sp³-hybridized carbons (Fsp3) is 0.250. The van der Waals surface area contributed by atoms with E-state index in [1.54, 1.807) is 24.3 Å². The zero-order valence-corrected chi connectivity index (χ0v) is 12.1. The van der Waals surface area contributed by atoms with Gasteiger partial charge in [0.05, 0.1) is 22.1 Å². The quantitative estimate of drug-likeness (QED) is 0.873. The van der Waals surface area contributed by atoms with Crippen molar-refractivity contribution in [3.8, 4) is 0 Å². The second-order valence-corrected chi connectivity index (χ2v) is 6.86. The molecule has 0 bridgehead atoms. The molecular weight excluding hydrogens is 282 g/mol. The van der Waals surface area contributed by atoms with E-state index >= 15 is 0 Å². The predicted octanol–water partition coefficient (Wildman–Crippen LogP) is 1.39. The van der Waals surface area contributed by atoms with Crippen molar-refractivity contribution in [1.82, 2.24) is 9.71 Å². The molecule has 0 spiro atoms. The molecule has 5 nitrogen and oxygen atoms in total. The molecular formula is C12H15N3O2S2. The van der Waals surface area contributed by atoms with Crippen LogP contribution in [0, 0.1) is 6.92 Å². The maximum absolute atomic E-state index is 12.0. The van der Waals surface area contributed by atoms with Gasteiger partial charge in [0.25, 0.3) is 0 Å². The van der Waals surface area contributed by atoms with Crippen molar-refractivity contribution < 1.29 is 8.42 Å². The van der Waals surface area contributed by atoms with Gasteiger partial charge in [0.1, 0.15) is 0 Å². The normalized spacial score (nSPS) is 11.7. The number of sulfonamides is 1. The lowest BCUT2D eigenvalue weighted by molar-refractivity contribution is 0.580. The highest BCUT2D eigenvalue weighted by Gasteiger charge is 2.13. The number of nitrogens with zero attached hydrogens (tertiary/aromatic N) is 1. The van der Waals surface area contributed by atoms with Gasteiger partial charge in [-0.3, -0.25) is 0 Å². The molecule has 0 fully saturated rings. The molecule has 19 heavy (non-hydrogen) atoms. The monoisotopic (exact) mass is 297 g/mol. The van der Waals surface area contributed by atoms with Crippen LogP contribution in [-0.4, -0.2) is 13.4 Å². The van der Waals surface area contributed by atoms with Crippen LogP contribution >= 0.6 is 11.3 Å². The minimum absolute atomic E-state index is 0.200. The first-order valence-corrected chi connectivity index (χ1v) is 8.07. The lowest BCUT2D eigenvalue weighted by Gasteiger charge is -2.06. The minimum atomic E-state index is -3.50. The molecule has 2 rings (SSSR count). The lowest BCUT2D eigenvalue weighted by Crippen LogP contribution is -2.23. The third kappa shape index (κ3) is 3.60. The molecule has 1 aromatic heterocycles. The first kappa shape index (κ1) is 14.1. The van der Waals surface area contributed by atoms with Crippen molar-refractivity contribution >= 4 is 21.4 Å². The summed E-state index contributed by atoms with van der Waals surface area (Å²) < 4.78 is 26.6. The molecule has 0 aliphatic rings. The Hall–Kier alpha value is -1.28. The van der Waals surface area contributed by atoms with Crippen LogP contribution in [0.25, 0.3) is 0 Å². The fourth-order valence-electron chi connectivity index (χ4n) is 1.55. The summed E-state index contributed by atoms with van der Waals surface area (Å²) in [7, 11) is -3.50. The van der Waals surface area contributed by atoms with E-state index in [0.717, 1.165) is 16.3 Å². The molecule has 2 aromatic rings. The Morgan fingerprint density at radius 1 is 1.32 bits per heavy atom. The summed E-state index contributed by atoms with van der Waals surface area (Å²) in [4.78, 5) is 4.44.